The van der Waals surface area contributed by atoms with E-state index in [1.807, 2.05) is 13.8 Å². The van der Waals surface area contributed by atoms with Crippen molar-refractivity contribution in [3.05, 3.63) is 29.8 Å². The number of nitrogens with one attached hydrogen (secondary N) is 1. The lowest BCUT2D eigenvalue weighted by Gasteiger charge is -2.34. The van der Waals surface area contributed by atoms with Crippen molar-refractivity contribution in [3.63, 3.8) is 0 Å². The van der Waals surface area contributed by atoms with Crippen LogP contribution >= 0.6 is 0 Å². The van der Waals surface area contributed by atoms with E-state index in [1.54, 1.807) is 18.2 Å². The third kappa shape index (κ3) is 4.89. The molecule has 1 aromatic rings. The molecule has 0 bridgehead atoms. The largest absolute Gasteiger partial charge is 0.373 e. The zero-order valence-corrected chi connectivity index (χ0v) is 17.2. The molecule has 3 rings (SSSR count). The summed E-state index contributed by atoms with van der Waals surface area (Å²) in [7, 11) is -3.65. The van der Waals surface area contributed by atoms with Crippen LogP contribution in [-0.4, -0.2) is 50.0 Å². The molecular formula is C20H30N2O4S. The summed E-state index contributed by atoms with van der Waals surface area (Å²) in [6.07, 6.45) is 3.99. The first-order chi connectivity index (χ1) is 12.8. The number of ether oxygens (including phenoxy) is 1. The second-order valence-electron chi connectivity index (χ2n) is 8.05. The molecule has 1 aromatic carbocycles. The lowest BCUT2D eigenvalue weighted by atomic mass is 9.87. The molecule has 1 amide bonds. The molecule has 2 fully saturated rings. The fraction of sp³-hybridized carbons (Fsp3) is 0.650. The molecule has 7 heteroatoms. The number of benzene rings is 1. The normalized spacial score (nSPS) is 30.0. The molecule has 4 unspecified atom stereocenters. The molecule has 1 aliphatic carbocycles. The quantitative estimate of drug-likeness (QED) is 0.852. The SMILES string of the molecule is CC1CCCC(NC(=O)c2cccc(S(=O)(=O)N3CC(C)OC(C)C3)c2)C1. The summed E-state index contributed by atoms with van der Waals surface area (Å²) in [6, 6.07) is 6.52. The molecule has 6 nitrogen and oxygen atoms in total. The summed E-state index contributed by atoms with van der Waals surface area (Å²) in [6.45, 7) is 6.59. The Morgan fingerprint density at radius 2 is 1.85 bits per heavy atom. The Morgan fingerprint density at radius 1 is 1.15 bits per heavy atom. The number of rotatable bonds is 4. The van der Waals surface area contributed by atoms with E-state index in [1.165, 1.54) is 16.8 Å². The van der Waals surface area contributed by atoms with Crippen molar-refractivity contribution in [1.29, 1.82) is 0 Å². The maximum atomic E-state index is 13.0. The van der Waals surface area contributed by atoms with Gasteiger partial charge >= 0.3 is 0 Å². The number of hydrogen-bond acceptors (Lipinski definition) is 4. The molecule has 1 heterocycles. The first-order valence-corrected chi connectivity index (χ1v) is 11.3. The molecule has 1 aliphatic heterocycles. The number of sulfonamides is 1. The highest BCUT2D eigenvalue weighted by Gasteiger charge is 2.32. The van der Waals surface area contributed by atoms with Gasteiger partial charge < -0.3 is 10.1 Å². The second kappa shape index (κ2) is 8.29. The molecule has 150 valence electrons. The van der Waals surface area contributed by atoms with Crippen LogP contribution in [0.25, 0.3) is 0 Å². The van der Waals surface area contributed by atoms with Crippen LogP contribution in [0.4, 0.5) is 0 Å². The zero-order chi connectivity index (χ0) is 19.6. The number of carbonyl (C=O) groups is 1. The third-order valence-electron chi connectivity index (χ3n) is 5.39. The third-order valence-corrected chi connectivity index (χ3v) is 7.22. The lowest BCUT2D eigenvalue weighted by Crippen LogP contribution is -2.48. The fourth-order valence-electron chi connectivity index (χ4n) is 4.11. The Bertz CT molecular complexity index is 770. The van der Waals surface area contributed by atoms with Gasteiger partial charge in [-0.25, -0.2) is 8.42 Å². The molecule has 0 aromatic heterocycles. The summed E-state index contributed by atoms with van der Waals surface area (Å²) in [5.74, 6) is 0.413. The van der Waals surface area contributed by atoms with E-state index in [0.717, 1.165) is 19.3 Å². The predicted molar refractivity (Wildman–Crippen MR) is 104 cm³/mol. The molecule has 0 radical (unpaired) electrons. The second-order valence-corrected chi connectivity index (χ2v) is 9.99. The zero-order valence-electron chi connectivity index (χ0n) is 16.3. The van der Waals surface area contributed by atoms with Crippen LogP contribution in [0, 0.1) is 5.92 Å². The maximum Gasteiger partial charge on any atom is 0.251 e. The van der Waals surface area contributed by atoms with Gasteiger partial charge in [0.25, 0.3) is 5.91 Å². The van der Waals surface area contributed by atoms with Crippen LogP contribution in [-0.2, 0) is 14.8 Å². The van der Waals surface area contributed by atoms with E-state index in [0.29, 0.717) is 24.6 Å². The van der Waals surface area contributed by atoms with Gasteiger partial charge in [0.1, 0.15) is 0 Å². The van der Waals surface area contributed by atoms with Crippen LogP contribution in [0.3, 0.4) is 0 Å². The maximum absolute atomic E-state index is 13.0. The molecular weight excluding hydrogens is 364 g/mol. The van der Waals surface area contributed by atoms with Crippen molar-refractivity contribution in [3.8, 4) is 0 Å². The standard InChI is InChI=1S/C20H30N2O4S/c1-14-6-4-8-18(10-14)21-20(23)17-7-5-9-19(11-17)27(24,25)22-12-15(2)26-16(3)13-22/h5,7,9,11,14-16,18H,4,6,8,10,12-13H2,1-3H3,(H,21,23). The summed E-state index contributed by atoms with van der Waals surface area (Å²) in [4.78, 5) is 12.8. The molecule has 1 N–H and O–H groups in total. The van der Waals surface area contributed by atoms with Crippen molar-refractivity contribution in [2.24, 2.45) is 5.92 Å². The average molecular weight is 395 g/mol. The minimum atomic E-state index is -3.65. The van der Waals surface area contributed by atoms with Gasteiger partial charge in [-0.15, -0.1) is 0 Å². The van der Waals surface area contributed by atoms with Crippen LogP contribution in [0.5, 0.6) is 0 Å². The number of nitrogens with zero attached hydrogens (tertiary/aromatic N) is 1. The number of carbonyl (C=O) groups excluding carboxylic acids is 1. The highest BCUT2D eigenvalue weighted by Crippen LogP contribution is 2.25. The van der Waals surface area contributed by atoms with E-state index in [2.05, 4.69) is 12.2 Å². The molecule has 1 saturated heterocycles. The predicted octanol–water partition coefficient (Wildman–Crippen LogP) is 2.79. The number of amides is 1. The van der Waals surface area contributed by atoms with Gasteiger partial charge in [0.15, 0.2) is 0 Å². The van der Waals surface area contributed by atoms with E-state index >= 15 is 0 Å². The van der Waals surface area contributed by atoms with Gasteiger partial charge in [-0.05, 0) is 50.8 Å². The molecule has 2 aliphatic rings. The van der Waals surface area contributed by atoms with Gasteiger partial charge in [-0.3, -0.25) is 4.79 Å². The van der Waals surface area contributed by atoms with Crippen molar-refractivity contribution in [1.82, 2.24) is 9.62 Å². The topological polar surface area (TPSA) is 75.7 Å². The Hall–Kier alpha value is -1.44. The Morgan fingerprint density at radius 3 is 2.52 bits per heavy atom. The number of morpholine rings is 1. The smallest absolute Gasteiger partial charge is 0.251 e. The summed E-state index contributed by atoms with van der Waals surface area (Å²) in [5.41, 5.74) is 0.392. The minimum absolute atomic E-state index is 0.150. The van der Waals surface area contributed by atoms with Crippen molar-refractivity contribution < 1.29 is 17.9 Å². The Labute approximate surface area is 162 Å². The van der Waals surface area contributed by atoms with Crippen LogP contribution in [0.1, 0.15) is 56.8 Å². The molecule has 27 heavy (non-hydrogen) atoms. The Balaban J connectivity index is 1.75. The van der Waals surface area contributed by atoms with Crippen molar-refractivity contribution in [2.45, 2.75) is 69.6 Å². The van der Waals surface area contributed by atoms with Crippen molar-refractivity contribution in [2.75, 3.05) is 13.1 Å². The van der Waals surface area contributed by atoms with Crippen LogP contribution < -0.4 is 5.32 Å². The Kier molecular flexibility index (Phi) is 6.23. The highest BCUT2D eigenvalue weighted by atomic mass is 32.2. The van der Waals surface area contributed by atoms with E-state index in [9.17, 15) is 13.2 Å². The fourth-order valence-corrected chi connectivity index (χ4v) is 5.74. The summed E-state index contributed by atoms with van der Waals surface area (Å²) in [5, 5.41) is 3.07. The first-order valence-electron chi connectivity index (χ1n) is 9.82. The number of hydrogen-bond donors (Lipinski definition) is 1. The van der Waals surface area contributed by atoms with E-state index in [-0.39, 0.29) is 29.1 Å². The highest BCUT2D eigenvalue weighted by molar-refractivity contribution is 7.89. The molecule has 4 atom stereocenters. The molecule has 1 saturated carbocycles. The monoisotopic (exact) mass is 394 g/mol. The minimum Gasteiger partial charge on any atom is -0.373 e. The van der Waals surface area contributed by atoms with E-state index < -0.39 is 10.0 Å². The van der Waals surface area contributed by atoms with Gasteiger partial charge in [-0.2, -0.15) is 4.31 Å². The van der Waals surface area contributed by atoms with Gasteiger partial charge in [0, 0.05) is 24.7 Å². The summed E-state index contributed by atoms with van der Waals surface area (Å²) < 4.78 is 33.1. The van der Waals surface area contributed by atoms with Crippen LogP contribution in [0.15, 0.2) is 29.2 Å². The van der Waals surface area contributed by atoms with E-state index in [4.69, 9.17) is 4.74 Å². The van der Waals surface area contributed by atoms with Gasteiger partial charge in [-0.1, -0.05) is 25.8 Å². The van der Waals surface area contributed by atoms with Crippen LogP contribution in [0.2, 0.25) is 0 Å². The first kappa shape index (κ1) is 20.3. The van der Waals surface area contributed by atoms with Gasteiger partial charge in [0.05, 0.1) is 17.1 Å². The molecule has 0 spiro atoms. The average Bonchev–Trinajstić information content (AvgIpc) is 2.61. The van der Waals surface area contributed by atoms with Gasteiger partial charge in [0.2, 0.25) is 10.0 Å². The van der Waals surface area contributed by atoms with Crippen molar-refractivity contribution >= 4 is 15.9 Å². The summed E-state index contributed by atoms with van der Waals surface area (Å²) >= 11 is 0. The lowest BCUT2D eigenvalue weighted by molar-refractivity contribution is -0.0440.